The predicted molar refractivity (Wildman–Crippen MR) is 129 cm³/mol. The van der Waals surface area contributed by atoms with Crippen LogP contribution in [-0.4, -0.2) is 52.9 Å². The summed E-state index contributed by atoms with van der Waals surface area (Å²) in [7, 11) is 4.69. The number of nitrogens with zero attached hydrogens (tertiary/aromatic N) is 3. The molecule has 0 saturated carbocycles. The summed E-state index contributed by atoms with van der Waals surface area (Å²) in [6.07, 6.45) is 3.14. The smallest absolute Gasteiger partial charge is 0.209 e. The summed E-state index contributed by atoms with van der Waals surface area (Å²) >= 11 is 0. The number of hydrogen-bond donors (Lipinski definition) is 4. The molecule has 2 aromatic carbocycles. The Kier molecular flexibility index (Phi) is 9.87. The van der Waals surface area contributed by atoms with Gasteiger partial charge in [-0.1, -0.05) is 12.6 Å². The molecule has 2 rings (SSSR count). The zero-order valence-corrected chi connectivity index (χ0v) is 18.9. The molecule has 0 amide bonds. The van der Waals surface area contributed by atoms with Crippen LogP contribution in [0.4, 0.5) is 0 Å². The molecule has 176 valence electrons. The second-order valence-corrected chi connectivity index (χ2v) is 6.35. The first-order valence-electron chi connectivity index (χ1n) is 9.84. The van der Waals surface area contributed by atoms with Gasteiger partial charge in [0.25, 0.3) is 0 Å². The zero-order chi connectivity index (χ0) is 24.1. The van der Waals surface area contributed by atoms with Crippen molar-refractivity contribution in [2.24, 2.45) is 26.7 Å². The molecule has 0 aliphatic rings. The number of hydrazone groups is 2. The van der Waals surface area contributed by atoms with Crippen molar-refractivity contribution in [1.29, 1.82) is 0 Å². The van der Waals surface area contributed by atoms with Gasteiger partial charge in [-0.2, -0.15) is 10.2 Å². The molecule has 0 unspecified atom stereocenters. The predicted octanol–water partition coefficient (Wildman–Crippen LogP) is 1.38. The number of aliphatic imine (C=N–C) groups is 1. The fraction of sp³-hybridized carbons (Fsp3) is 0.227. The van der Waals surface area contributed by atoms with Crippen LogP contribution in [0.5, 0.6) is 23.0 Å². The van der Waals surface area contributed by atoms with Gasteiger partial charge in [-0.3, -0.25) is 10.4 Å². The van der Waals surface area contributed by atoms with Crippen LogP contribution in [0.3, 0.4) is 0 Å². The highest BCUT2D eigenvalue weighted by molar-refractivity contribution is 5.88. The minimum absolute atomic E-state index is 0.185. The lowest BCUT2D eigenvalue weighted by Crippen LogP contribution is -2.26. The number of guanidine groups is 1. The van der Waals surface area contributed by atoms with Crippen LogP contribution in [0.15, 0.2) is 64.0 Å². The average Bonchev–Trinajstić information content (AvgIpc) is 2.82. The molecule has 0 bridgehead atoms. The summed E-state index contributed by atoms with van der Waals surface area (Å²) in [5.74, 6) is 2.73. The Hall–Kier alpha value is -4.41. The first kappa shape index (κ1) is 24.9. The van der Waals surface area contributed by atoms with Gasteiger partial charge >= 0.3 is 0 Å². The fourth-order valence-corrected chi connectivity index (χ4v) is 2.54. The van der Waals surface area contributed by atoms with E-state index in [4.69, 9.17) is 30.4 Å². The van der Waals surface area contributed by atoms with Gasteiger partial charge in [0, 0.05) is 7.05 Å². The van der Waals surface area contributed by atoms with Gasteiger partial charge in [-0.05, 0) is 35.9 Å². The van der Waals surface area contributed by atoms with E-state index in [1.807, 2.05) is 12.1 Å². The number of ether oxygens (including phenoxy) is 4. The van der Waals surface area contributed by atoms with Crippen LogP contribution in [-0.2, 0) is 0 Å². The van der Waals surface area contributed by atoms with Crippen LogP contribution in [0.2, 0.25) is 0 Å². The number of methoxy groups -OCH3 is 2. The van der Waals surface area contributed by atoms with Gasteiger partial charge in [-0.15, -0.1) is 0 Å². The highest BCUT2D eigenvalue weighted by Gasteiger charge is 2.10. The molecular formula is C22H29N7O4. The number of rotatable bonds is 12. The molecule has 0 atom stereocenters. The highest BCUT2D eigenvalue weighted by atomic mass is 16.5. The maximum atomic E-state index is 5.88. The van der Waals surface area contributed by atoms with E-state index in [9.17, 15) is 0 Å². The molecule has 0 aliphatic carbocycles. The van der Waals surface area contributed by atoms with Crippen molar-refractivity contribution in [3.63, 3.8) is 0 Å². The van der Waals surface area contributed by atoms with Crippen molar-refractivity contribution in [1.82, 2.24) is 10.9 Å². The lowest BCUT2D eigenvalue weighted by molar-refractivity contribution is 0.210. The third-order valence-electron chi connectivity index (χ3n) is 4.07. The standard InChI is InChI=1S/C22H29N7O4/c1-15(23)28-26-13-16-8-9-20(21(12-16)31-4)33-11-10-32-19-7-5-6-18(30-3)17(19)14-27-29-22(24)25-2/h5-9,12-14,28H,1,10-11,23H2,2-4H3,(H3,24,25,29)/b26-13+,27-14+. The summed E-state index contributed by atoms with van der Waals surface area (Å²) in [5, 5.41) is 8.01. The maximum Gasteiger partial charge on any atom is 0.209 e. The Morgan fingerprint density at radius 1 is 0.909 bits per heavy atom. The van der Waals surface area contributed by atoms with E-state index in [2.05, 4.69) is 32.6 Å². The van der Waals surface area contributed by atoms with E-state index in [1.54, 1.807) is 58.0 Å². The quantitative estimate of drug-likeness (QED) is 0.162. The summed E-state index contributed by atoms with van der Waals surface area (Å²) in [6, 6.07) is 10.8. The largest absolute Gasteiger partial charge is 0.496 e. The maximum absolute atomic E-state index is 5.88. The summed E-state index contributed by atoms with van der Waals surface area (Å²) in [6.45, 7) is 4.06. The summed E-state index contributed by atoms with van der Waals surface area (Å²) in [5.41, 5.74) is 17.6. The van der Waals surface area contributed by atoms with E-state index in [0.717, 1.165) is 5.56 Å². The summed E-state index contributed by atoms with van der Waals surface area (Å²) in [4.78, 5) is 3.78. The van der Waals surface area contributed by atoms with Crippen LogP contribution < -0.4 is 41.3 Å². The molecule has 0 saturated heterocycles. The van der Waals surface area contributed by atoms with Gasteiger partial charge < -0.3 is 30.4 Å². The Balaban J connectivity index is 2.00. The Morgan fingerprint density at radius 2 is 1.58 bits per heavy atom. The highest BCUT2D eigenvalue weighted by Crippen LogP contribution is 2.28. The van der Waals surface area contributed by atoms with Crippen molar-refractivity contribution >= 4 is 18.4 Å². The first-order valence-corrected chi connectivity index (χ1v) is 9.84. The van der Waals surface area contributed by atoms with Crippen LogP contribution in [0.1, 0.15) is 11.1 Å². The van der Waals surface area contributed by atoms with E-state index < -0.39 is 0 Å². The van der Waals surface area contributed by atoms with Gasteiger partial charge in [0.2, 0.25) is 5.96 Å². The molecule has 0 radical (unpaired) electrons. The molecule has 0 aliphatic heterocycles. The van der Waals surface area contributed by atoms with Crippen LogP contribution >= 0.6 is 0 Å². The lowest BCUT2D eigenvalue weighted by Gasteiger charge is -2.14. The molecule has 0 heterocycles. The average molecular weight is 456 g/mol. The monoisotopic (exact) mass is 455 g/mol. The Labute approximate surface area is 192 Å². The van der Waals surface area contributed by atoms with E-state index in [1.165, 1.54) is 0 Å². The molecule has 11 nitrogen and oxygen atoms in total. The molecule has 0 aromatic heterocycles. The van der Waals surface area contributed by atoms with Gasteiger partial charge in [-0.25, -0.2) is 5.43 Å². The third kappa shape index (κ3) is 7.98. The Bertz CT molecular complexity index is 1020. The SMILES string of the molecule is C=C(N)N/N=C/c1ccc(OCCOc2cccc(OC)c2/C=N/NC(N)=NC)c(OC)c1. The van der Waals surface area contributed by atoms with Crippen molar-refractivity contribution in [3.8, 4) is 23.0 Å². The van der Waals surface area contributed by atoms with Crippen molar-refractivity contribution in [3.05, 3.63) is 59.9 Å². The minimum Gasteiger partial charge on any atom is -0.496 e. The molecular weight excluding hydrogens is 426 g/mol. The van der Waals surface area contributed by atoms with Crippen LogP contribution in [0, 0.1) is 0 Å². The molecule has 6 N–H and O–H groups in total. The third-order valence-corrected chi connectivity index (χ3v) is 4.07. The minimum atomic E-state index is 0.185. The second kappa shape index (κ2) is 13.1. The molecule has 33 heavy (non-hydrogen) atoms. The van der Waals surface area contributed by atoms with E-state index >= 15 is 0 Å². The van der Waals surface area contributed by atoms with E-state index in [-0.39, 0.29) is 25.0 Å². The topological polar surface area (TPSA) is 150 Å². The summed E-state index contributed by atoms with van der Waals surface area (Å²) < 4.78 is 22.5. The second-order valence-electron chi connectivity index (χ2n) is 6.35. The normalized spacial score (nSPS) is 11.4. The van der Waals surface area contributed by atoms with Crippen molar-refractivity contribution < 1.29 is 18.9 Å². The molecule has 2 aromatic rings. The van der Waals surface area contributed by atoms with Crippen molar-refractivity contribution in [2.45, 2.75) is 0 Å². The van der Waals surface area contributed by atoms with Gasteiger partial charge in [0.05, 0.1) is 32.2 Å². The molecule has 0 fully saturated rings. The fourth-order valence-electron chi connectivity index (χ4n) is 2.54. The molecule has 0 spiro atoms. The zero-order valence-electron chi connectivity index (χ0n) is 18.9. The number of nitrogens with one attached hydrogen (secondary N) is 2. The van der Waals surface area contributed by atoms with Crippen molar-refractivity contribution in [2.75, 3.05) is 34.5 Å². The first-order chi connectivity index (χ1) is 16.0. The lowest BCUT2D eigenvalue weighted by atomic mass is 10.2. The number of benzene rings is 2. The Morgan fingerprint density at radius 3 is 2.24 bits per heavy atom. The van der Waals surface area contributed by atoms with Gasteiger partial charge in [0.15, 0.2) is 11.5 Å². The molecule has 11 heteroatoms. The number of hydrogen-bond acceptors (Lipinski definition) is 9. The van der Waals surface area contributed by atoms with Gasteiger partial charge in [0.1, 0.15) is 30.5 Å². The van der Waals surface area contributed by atoms with E-state index in [0.29, 0.717) is 28.6 Å². The van der Waals surface area contributed by atoms with Crippen LogP contribution in [0.25, 0.3) is 0 Å². The number of nitrogens with two attached hydrogens (primary N) is 2.